The predicted molar refractivity (Wildman–Crippen MR) is 83.9 cm³/mol. The summed E-state index contributed by atoms with van der Waals surface area (Å²) in [6.07, 6.45) is 6.17. The van der Waals surface area contributed by atoms with Gasteiger partial charge in [0.15, 0.2) is 5.84 Å². The molecule has 1 aliphatic heterocycles. The Bertz CT molecular complexity index is 488. The largest absolute Gasteiger partial charge is 0.409 e. The summed E-state index contributed by atoms with van der Waals surface area (Å²) < 4.78 is 0. The van der Waals surface area contributed by atoms with Gasteiger partial charge in [-0.05, 0) is 43.9 Å². The van der Waals surface area contributed by atoms with E-state index in [1.165, 1.54) is 32.1 Å². The second-order valence-electron chi connectivity index (χ2n) is 5.28. The number of hydrogen-bond donors (Lipinski definition) is 2. The number of anilines is 1. The van der Waals surface area contributed by atoms with Crippen LogP contribution in [-0.4, -0.2) is 23.6 Å². The molecule has 0 spiro atoms. The zero-order chi connectivity index (χ0) is 14.5. The number of hydrogen-bond acceptors (Lipinski definition) is 3. The number of benzene rings is 1. The molecule has 0 aromatic heterocycles. The minimum Gasteiger partial charge on any atom is -0.409 e. The van der Waals surface area contributed by atoms with E-state index in [9.17, 15) is 0 Å². The van der Waals surface area contributed by atoms with Crippen molar-refractivity contribution in [2.24, 2.45) is 10.9 Å². The average molecular weight is 296 g/mol. The van der Waals surface area contributed by atoms with Crippen molar-refractivity contribution in [3.05, 3.63) is 28.8 Å². The molecule has 0 amide bonds. The summed E-state index contributed by atoms with van der Waals surface area (Å²) >= 11 is 6.25. The predicted octanol–water partition coefficient (Wildman–Crippen LogP) is 3.59. The maximum Gasteiger partial charge on any atom is 0.171 e. The minimum absolute atomic E-state index is 0.0466. The van der Waals surface area contributed by atoms with Crippen LogP contribution in [0.15, 0.2) is 23.4 Å². The molecular weight excluding hydrogens is 274 g/mol. The average Bonchev–Trinajstić information content (AvgIpc) is 2.47. The molecule has 1 atom stereocenters. The molecule has 1 aromatic rings. The van der Waals surface area contributed by atoms with Crippen molar-refractivity contribution in [3.8, 4) is 0 Å². The molecular formula is C15H22ClN3O. The molecule has 5 heteroatoms. The van der Waals surface area contributed by atoms with Crippen LogP contribution in [0.1, 0.15) is 44.6 Å². The number of nitrogens with zero attached hydrogens (tertiary/aromatic N) is 2. The Balaban J connectivity index is 2.25. The highest BCUT2D eigenvalue weighted by molar-refractivity contribution is 6.34. The van der Waals surface area contributed by atoms with Crippen LogP contribution in [0.5, 0.6) is 0 Å². The minimum atomic E-state index is 0.0466. The fourth-order valence-corrected chi connectivity index (χ4v) is 3.19. The van der Waals surface area contributed by atoms with Crippen LogP contribution in [0.25, 0.3) is 0 Å². The first kappa shape index (κ1) is 15.0. The molecule has 2 rings (SSSR count). The van der Waals surface area contributed by atoms with E-state index in [1.54, 1.807) is 0 Å². The first-order chi connectivity index (χ1) is 9.67. The van der Waals surface area contributed by atoms with Crippen molar-refractivity contribution >= 4 is 23.1 Å². The van der Waals surface area contributed by atoms with Crippen molar-refractivity contribution in [1.29, 1.82) is 0 Å². The van der Waals surface area contributed by atoms with E-state index in [1.807, 2.05) is 18.2 Å². The molecule has 0 aliphatic carbocycles. The monoisotopic (exact) mass is 295 g/mol. The lowest BCUT2D eigenvalue weighted by Gasteiger charge is -2.38. The van der Waals surface area contributed by atoms with Gasteiger partial charge in [0.2, 0.25) is 0 Å². The van der Waals surface area contributed by atoms with E-state index in [-0.39, 0.29) is 5.84 Å². The Hall–Kier alpha value is -1.42. The van der Waals surface area contributed by atoms with E-state index >= 15 is 0 Å². The van der Waals surface area contributed by atoms with Crippen molar-refractivity contribution in [2.45, 2.75) is 45.1 Å². The van der Waals surface area contributed by atoms with E-state index in [4.69, 9.17) is 22.5 Å². The molecule has 1 unspecified atom stereocenters. The molecule has 0 saturated carbocycles. The van der Waals surface area contributed by atoms with Gasteiger partial charge in [-0.1, -0.05) is 30.1 Å². The van der Waals surface area contributed by atoms with Crippen LogP contribution in [0, 0.1) is 0 Å². The van der Waals surface area contributed by atoms with E-state index in [0.717, 1.165) is 12.2 Å². The van der Waals surface area contributed by atoms with Crippen LogP contribution in [0.4, 0.5) is 5.69 Å². The summed E-state index contributed by atoms with van der Waals surface area (Å²) in [5, 5.41) is 12.3. The fraction of sp³-hybridized carbons (Fsp3) is 0.533. The Morgan fingerprint density at radius 2 is 2.30 bits per heavy atom. The first-order valence-electron chi connectivity index (χ1n) is 7.21. The number of piperidine rings is 1. The third-order valence-corrected chi connectivity index (χ3v) is 4.23. The van der Waals surface area contributed by atoms with Gasteiger partial charge in [0.25, 0.3) is 0 Å². The quantitative estimate of drug-likeness (QED) is 0.386. The molecule has 0 bridgehead atoms. The highest BCUT2D eigenvalue weighted by Crippen LogP contribution is 2.30. The molecule has 1 aromatic carbocycles. The lowest BCUT2D eigenvalue weighted by Crippen LogP contribution is -2.39. The standard InChI is InChI=1S/C15H22ClN3O/c1-2-5-11-6-3-4-9-19(11)12-7-8-13(14(16)10-12)15(17)18-20/h7-8,10-11,20H,2-6,9H2,1H3,(H2,17,18). The summed E-state index contributed by atoms with van der Waals surface area (Å²) in [6.45, 7) is 3.30. The van der Waals surface area contributed by atoms with Gasteiger partial charge in [0.1, 0.15) is 0 Å². The third kappa shape index (κ3) is 3.18. The van der Waals surface area contributed by atoms with Gasteiger partial charge in [-0.25, -0.2) is 0 Å². The highest BCUT2D eigenvalue weighted by atomic mass is 35.5. The number of halogens is 1. The van der Waals surface area contributed by atoms with E-state index < -0.39 is 0 Å². The Morgan fingerprint density at radius 1 is 1.50 bits per heavy atom. The summed E-state index contributed by atoms with van der Waals surface area (Å²) in [7, 11) is 0. The van der Waals surface area contributed by atoms with Gasteiger partial charge >= 0.3 is 0 Å². The maximum absolute atomic E-state index is 8.74. The SMILES string of the molecule is CCCC1CCCCN1c1ccc(/C(N)=N/O)c(Cl)c1. The summed E-state index contributed by atoms with van der Waals surface area (Å²) in [5.74, 6) is 0.0466. The maximum atomic E-state index is 8.74. The van der Waals surface area contributed by atoms with Crippen molar-refractivity contribution < 1.29 is 5.21 Å². The van der Waals surface area contributed by atoms with Gasteiger partial charge in [0.05, 0.1) is 5.02 Å². The number of oxime groups is 1. The summed E-state index contributed by atoms with van der Waals surface area (Å²) in [6, 6.07) is 6.35. The summed E-state index contributed by atoms with van der Waals surface area (Å²) in [5.41, 5.74) is 7.30. The molecule has 110 valence electrons. The molecule has 0 radical (unpaired) electrons. The van der Waals surface area contributed by atoms with Crippen LogP contribution in [0.2, 0.25) is 5.02 Å². The van der Waals surface area contributed by atoms with E-state index in [0.29, 0.717) is 16.6 Å². The molecule has 20 heavy (non-hydrogen) atoms. The first-order valence-corrected chi connectivity index (χ1v) is 7.59. The number of amidine groups is 1. The number of nitrogens with two attached hydrogens (primary N) is 1. The molecule has 4 nitrogen and oxygen atoms in total. The van der Waals surface area contributed by atoms with Crippen LogP contribution >= 0.6 is 11.6 Å². The van der Waals surface area contributed by atoms with E-state index in [2.05, 4.69) is 17.0 Å². The topological polar surface area (TPSA) is 61.8 Å². The van der Waals surface area contributed by atoms with Gasteiger partial charge in [-0.15, -0.1) is 0 Å². The van der Waals surface area contributed by atoms with Crippen molar-refractivity contribution in [3.63, 3.8) is 0 Å². The molecule has 1 fully saturated rings. The second-order valence-corrected chi connectivity index (χ2v) is 5.69. The normalized spacial score (nSPS) is 20.2. The smallest absolute Gasteiger partial charge is 0.171 e. The van der Waals surface area contributed by atoms with Crippen molar-refractivity contribution in [2.75, 3.05) is 11.4 Å². The van der Waals surface area contributed by atoms with Gasteiger partial charge in [-0.2, -0.15) is 0 Å². The molecule has 1 heterocycles. The van der Waals surface area contributed by atoms with Gasteiger partial charge in [-0.3, -0.25) is 0 Å². The van der Waals surface area contributed by atoms with Crippen LogP contribution in [-0.2, 0) is 0 Å². The summed E-state index contributed by atoms with van der Waals surface area (Å²) in [4.78, 5) is 2.44. The lowest BCUT2D eigenvalue weighted by molar-refractivity contribution is 0.318. The highest BCUT2D eigenvalue weighted by Gasteiger charge is 2.22. The van der Waals surface area contributed by atoms with Gasteiger partial charge < -0.3 is 15.8 Å². The Labute approximate surface area is 125 Å². The van der Waals surface area contributed by atoms with Gasteiger partial charge in [0, 0.05) is 23.8 Å². The zero-order valence-electron chi connectivity index (χ0n) is 11.8. The fourth-order valence-electron chi connectivity index (χ4n) is 2.92. The van der Waals surface area contributed by atoms with Crippen LogP contribution in [0.3, 0.4) is 0 Å². The van der Waals surface area contributed by atoms with Crippen molar-refractivity contribution in [1.82, 2.24) is 0 Å². The second kappa shape index (κ2) is 6.84. The lowest BCUT2D eigenvalue weighted by atomic mass is 9.97. The molecule has 1 aliphatic rings. The Kier molecular flexibility index (Phi) is 5.12. The van der Waals surface area contributed by atoms with Crippen LogP contribution < -0.4 is 10.6 Å². The third-order valence-electron chi connectivity index (χ3n) is 3.92. The molecule has 1 saturated heterocycles. The zero-order valence-corrected chi connectivity index (χ0v) is 12.6. The molecule has 3 N–H and O–H groups in total. The number of rotatable bonds is 4. The Morgan fingerprint density at radius 3 is 2.95 bits per heavy atom.